The SMILES string of the molecule is COc1ncnc(Nc2ccc(N3CCCC3)cc2)c1N. The number of aromatic nitrogens is 2. The van der Waals surface area contributed by atoms with Crippen molar-refractivity contribution in [2.75, 3.05) is 36.1 Å². The van der Waals surface area contributed by atoms with E-state index < -0.39 is 0 Å². The summed E-state index contributed by atoms with van der Waals surface area (Å²) in [6, 6.07) is 8.29. The van der Waals surface area contributed by atoms with E-state index in [4.69, 9.17) is 10.5 Å². The molecule has 0 atom stereocenters. The van der Waals surface area contributed by atoms with Gasteiger partial charge in [-0.3, -0.25) is 0 Å². The molecule has 2 heterocycles. The number of rotatable bonds is 4. The van der Waals surface area contributed by atoms with Crippen LogP contribution in [0.3, 0.4) is 0 Å². The van der Waals surface area contributed by atoms with Crippen LogP contribution in [0.2, 0.25) is 0 Å². The van der Waals surface area contributed by atoms with E-state index in [1.807, 2.05) is 12.1 Å². The highest BCUT2D eigenvalue weighted by Gasteiger charge is 2.12. The van der Waals surface area contributed by atoms with Crippen LogP contribution in [-0.2, 0) is 0 Å². The Kier molecular flexibility index (Phi) is 3.77. The van der Waals surface area contributed by atoms with Crippen LogP contribution in [0.15, 0.2) is 30.6 Å². The largest absolute Gasteiger partial charge is 0.479 e. The molecule has 0 saturated carbocycles. The van der Waals surface area contributed by atoms with Gasteiger partial charge in [-0.15, -0.1) is 0 Å². The number of ether oxygens (including phenoxy) is 1. The molecule has 0 spiro atoms. The lowest BCUT2D eigenvalue weighted by atomic mass is 10.2. The molecule has 6 heteroatoms. The van der Waals surface area contributed by atoms with Crippen LogP contribution in [-0.4, -0.2) is 30.2 Å². The third-order valence-corrected chi connectivity index (χ3v) is 3.64. The third-order valence-electron chi connectivity index (χ3n) is 3.64. The number of nitrogen functional groups attached to an aromatic ring is 1. The highest BCUT2D eigenvalue weighted by molar-refractivity contribution is 5.72. The number of hydrogen-bond acceptors (Lipinski definition) is 6. The second kappa shape index (κ2) is 5.87. The van der Waals surface area contributed by atoms with Crippen LogP contribution in [0.1, 0.15) is 12.8 Å². The zero-order valence-corrected chi connectivity index (χ0v) is 12.0. The first kappa shape index (κ1) is 13.5. The monoisotopic (exact) mass is 285 g/mol. The van der Waals surface area contributed by atoms with Gasteiger partial charge in [0, 0.05) is 24.5 Å². The first-order valence-corrected chi connectivity index (χ1v) is 7.04. The molecule has 0 unspecified atom stereocenters. The van der Waals surface area contributed by atoms with Gasteiger partial charge in [-0.05, 0) is 37.1 Å². The summed E-state index contributed by atoms with van der Waals surface area (Å²) in [5.41, 5.74) is 8.55. The van der Waals surface area contributed by atoms with Crippen molar-refractivity contribution in [1.29, 1.82) is 0 Å². The molecule has 2 aromatic rings. The summed E-state index contributed by atoms with van der Waals surface area (Å²) in [6.45, 7) is 2.28. The average molecular weight is 285 g/mol. The van der Waals surface area contributed by atoms with Crippen molar-refractivity contribution in [1.82, 2.24) is 9.97 Å². The molecule has 6 nitrogen and oxygen atoms in total. The van der Waals surface area contributed by atoms with Gasteiger partial charge in [0.1, 0.15) is 12.0 Å². The van der Waals surface area contributed by atoms with E-state index in [1.54, 1.807) is 0 Å². The summed E-state index contributed by atoms with van der Waals surface area (Å²) in [5, 5.41) is 3.19. The minimum Gasteiger partial charge on any atom is -0.479 e. The Morgan fingerprint density at radius 2 is 1.86 bits per heavy atom. The Morgan fingerprint density at radius 1 is 1.14 bits per heavy atom. The normalized spacial score (nSPS) is 14.2. The molecule has 3 rings (SSSR count). The van der Waals surface area contributed by atoms with E-state index in [0.717, 1.165) is 18.8 Å². The van der Waals surface area contributed by atoms with Crippen molar-refractivity contribution in [2.24, 2.45) is 0 Å². The molecule has 0 bridgehead atoms. The zero-order valence-electron chi connectivity index (χ0n) is 12.0. The van der Waals surface area contributed by atoms with Gasteiger partial charge in [0.2, 0.25) is 5.88 Å². The number of hydrogen-bond donors (Lipinski definition) is 2. The van der Waals surface area contributed by atoms with Gasteiger partial charge in [0.05, 0.1) is 7.11 Å². The molecule has 1 aromatic heterocycles. The van der Waals surface area contributed by atoms with Gasteiger partial charge in [-0.25, -0.2) is 4.98 Å². The number of nitrogens with two attached hydrogens (primary N) is 1. The summed E-state index contributed by atoms with van der Waals surface area (Å²) in [4.78, 5) is 10.5. The minimum absolute atomic E-state index is 0.376. The Bertz CT molecular complexity index is 608. The van der Waals surface area contributed by atoms with Gasteiger partial charge >= 0.3 is 0 Å². The molecule has 0 amide bonds. The van der Waals surface area contributed by atoms with Crippen LogP contribution < -0.4 is 20.7 Å². The molecule has 1 fully saturated rings. The number of benzene rings is 1. The topological polar surface area (TPSA) is 76.3 Å². The van der Waals surface area contributed by atoms with Crippen LogP contribution in [0.25, 0.3) is 0 Å². The zero-order chi connectivity index (χ0) is 14.7. The predicted octanol–water partition coefficient (Wildman–Crippen LogP) is 2.41. The molecule has 1 aromatic carbocycles. The molecule has 0 radical (unpaired) electrons. The molecule has 0 aliphatic carbocycles. The lowest BCUT2D eigenvalue weighted by Gasteiger charge is -2.18. The van der Waals surface area contributed by atoms with E-state index >= 15 is 0 Å². The van der Waals surface area contributed by atoms with Gasteiger partial charge in [-0.1, -0.05) is 0 Å². The van der Waals surface area contributed by atoms with Gasteiger partial charge in [-0.2, -0.15) is 4.98 Å². The van der Waals surface area contributed by atoms with E-state index in [2.05, 4.69) is 32.3 Å². The van der Waals surface area contributed by atoms with E-state index in [-0.39, 0.29) is 0 Å². The van der Waals surface area contributed by atoms with E-state index in [1.165, 1.54) is 32.0 Å². The number of nitrogens with zero attached hydrogens (tertiary/aromatic N) is 3. The summed E-state index contributed by atoms with van der Waals surface area (Å²) >= 11 is 0. The van der Waals surface area contributed by atoms with Crippen molar-refractivity contribution >= 4 is 22.9 Å². The van der Waals surface area contributed by atoms with Crippen LogP contribution in [0.4, 0.5) is 22.9 Å². The van der Waals surface area contributed by atoms with Gasteiger partial charge in [0.15, 0.2) is 5.82 Å². The van der Waals surface area contributed by atoms with E-state index in [9.17, 15) is 0 Å². The maximum absolute atomic E-state index is 5.95. The summed E-state index contributed by atoms with van der Waals surface area (Å²) < 4.78 is 5.09. The number of methoxy groups -OCH3 is 1. The molecule has 1 aliphatic rings. The molecular weight excluding hydrogens is 266 g/mol. The second-order valence-electron chi connectivity index (χ2n) is 5.01. The Labute approximate surface area is 124 Å². The van der Waals surface area contributed by atoms with Crippen molar-refractivity contribution < 1.29 is 4.74 Å². The maximum atomic E-state index is 5.95. The molecule has 21 heavy (non-hydrogen) atoms. The smallest absolute Gasteiger partial charge is 0.242 e. The summed E-state index contributed by atoms with van der Waals surface area (Å²) in [5.74, 6) is 0.928. The van der Waals surface area contributed by atoms with Crippen LogP contribution in [0.5, 0.6) is 5.88 Å². The molecule has 3 N–H and O–H groups in total. The van der Waals surface area contributed by atoms with Crippen LogP contribution in [0, 0.1) is 0 Å². The quantitative estimate of drug-likeness (QED) is 0.898. The lowest BCUT2D eigenvalue weighted by Crippen LogP contribution is -2.17. The first-order valence-electron chi connectivity index (χ1n) is 7.04. The Hall–Kier alpha value is -2.50. The standard InChI is InChI=1S/C15H19N5O/c1-21-15-13(16)14(17-10-18-15)19-11-4-6-12(7-5-11)20-8-2-3-9-20/h4-7,10H,2-3,8-9,16H2,1H3,(H,17,18,19). The van der Waals surface area contributed by atoms with Gasteiger partial charge in [0.25, 0.3) is 0 Å². The third kappa shape index (κ3) is 2.84. The predicted molar refractivity (Wildman–Crippen MR) is 84.2 cm³/mol. The van der Waals surface area contributed by atoms with Gasteiger partial charge < -0.3 is 20.7 Å². The van der Waals surface area contributed by atoms with Crippen molar-refractivity contribution in [3.05, 3.63) is 30.6 Å². The molecule has 1 saturated heterocycles. The lowest BCUT2D eigenvalue weighted by molar-refractivity contribution is 0.399. The fraction of sp³-hybridized carbons (Fsp3) is 0.333. The summed E-state index contributed by atoms with van der Waals surface area (Å²) in [6.07, 6.45) is 3.98. The van der Waals surface area contributed by atoms with E-state index in [0.29, 0.717) is 17.4 Å². The fourth-order valence-corrected chi connectivity index (χ4v) is 2.51. The summed E-state index contributed by atoms with van der Waals surface area (Å²) in [7, 11) is 1.54. The van der Waals surface area contributed by atoms with Crippen molar-refractivity contribution in [2.45, 2.75) is 12.8 Å². The molecular formula is C15H19N5O. The minimum atomic E-state index is 0.376. The average Bonchev–Trinajstić information content (AvgIpc) is 3.04. The number of nitrogens with one attached hydrogen (secondary N) is 1. The van der Waals surface area contributed by atoms with Crippen molar-refractivity contribution in [3.63, 3.8) is 0 Å². The molecule has 1 aliphatic heterocycles. The number of anilines is 4. The highest BCUT2D eigenvalue weighted by Crippen LogP contribution is 2.28. The molecule has 110 valence electrons. The van der Waals surface area contributed by atoms with Crippen molar-refractivity contribution in [3.8, 4) is 5.88 Å². The maximum Gasteiger partial charge on any atom is 0.242 e. The second-order valence-corrected chi connectivity index (χ2v) is 5.01. The highest BCUT2D eigenvalue weighted by atomic mass is 16.5. The Balaban J connectivity index is 1.76. The first-order chi connectivity index (χ1) is 10.3. The van der Waals surface area contributed by atoms with Crippen LogP contribution >= 0.6 is 0 Å². The fourth-order valence-electron chi connectivity index (χ4n) is 2.51. The Morgan fingerprint density at radius 3 is 2.52 bits per heavy atom.